The highest BCUT2D eigenvalue weighted by atomic mass is 19.2. The van der Waals surface area contributed by atoms with Crippen LogP contribution in [0.1, 0.15) is 62.4 Å². The number of anilines is 10. The minimum Gasteiger partial charge on any atom is -0.507 e. The number of carbonyl (C=O) groups excluding carboxylic acids is 5. The summed E-state index contributed by atoms with van der Waals surface area (Å²) in [5.74, 6) is -19.2. The fraction of sp³-hybridized carbons (Fsp3) is 0.123. The van der Waals surface area contributed by atoms with E-state index in [-0.39, 0.29) is 103 Å². The summed E-state index contributed by atoms with van der Waals surface area (Å²) in [6, 6.07) is 30.3. The lowest BCUT2D eigenvalue weighted by atomic mass is 10.0. The number of hydrogen-bond acceptors (Lipinski definition) is 16. The maximum atomic E-state index is 14.2. The van der Waals surface area contributed by atoms with Gasteiger partial charge in [-0.15, -0.1) is 0 Å². The van der Waals surface area contributed by atoms with Crippen LogP contribution < -0.4 is 48.2 Å². The Labute approximate surface area is 632 Å². The van der Waals surface area contributed by atoms with Gasteiger partial charge in [0.15, 0.2) is 121 Å². The largest absolute Gasteiger partial charge is 0.507 e. The van der Waals surface area contributed by atoms with Crippen LogP contribution in [0.5, 0.6) is 92.0 Å². The predicted octanol–water partition coefficient (Wildman–Crippen LogP) is 20.4. The zero-order chi connectivity index (χ0) is 82.3. The van der Waals surface area contributed by atoms with Gasteiger partial charge in [-0.25, -0.2) is 35.1 Å². The highest BCUT2D eigenvalue weighted by Crippen LogP contribution is 2.57. The number of aryl methyl sites for hydroxylation is 4. The van der Waals surface area contributed by atoms with Gasteiger partial charge in [-0.2, -0.15) is 13.2 Å². The minimum atomic E-state index is -1.49. The van der Waals surface area contributed by atoms with Crippen LogP contribution in [0, 0.1) is 98.6 Å². The molecule has 0 atom stereocenters. The predicted molar refractivity (Wildman–Crippen MR) is 388 cm³/mol. The molecule has 0 fully saturated rings. The summed E-state index contributed by atoms with van der Waals surface area (Å²) in [6.07, 6.45) is 0. The molecule has 580 valence electrons. The molecule has 11 aromatic rings. The smallest absolute Gasteiger partial charge is 0.228 e. The molecule has 113 heavy (non-hydrogen) atoms. The normalized spacial score (nSPS) is 12.4. The third-order valence-electron chi connectivity index (χ3n) is 17.9. The van der Waals surface area contributed by atoms with Gasteiger partial charge in [-0.1, -0.05) is 42.0 Å². The second-order valence-corrected chi connectivity index (χ2v) is 25.7. The Morgan fingerprint density at radius 1 is 0.274 bits per heavy atom. The molecule has 32 heteroatoms. The first-order chi connectivity index (χ1) is 53.3. The first-order valence-corrected chi connectivity index (χ1v) is 33.3. The summed E-state index contributed by atoms with van der Waals surface area (Å²) in [6.45, 7) is 14.3. The maximum absolute atomic E-state index is 14.2. The lowest BCUT2D eigenvalue weighted by Crippen LogP contribution is -2.27. The van der Waals surface area contributed by atoms with Crippen molar-refractivity contribution in [2.45, 2.75) is 69.2 Å². The average molecular weight is 1570 g/mol. The van der Waals surface area contributed by atoms with Crippen LogP contribution in [-0.4, -0.2) is 60.2 Å². The molecule has 5 aliphatic heterocycles. The Kier molecular flexibility index (Phi) is 20.8. The Hall–Kier alpha value is -14.2. The van der Waals surface area contributed by atoms with Crippen molar-refractivity contribution in [2.75, 3.05) is 24.5 Å². The number of phenolic OH excluding ortho intramolecular Hbond substituents is 6. The van der Waals surface area contributed by atoms with Crippen LogP contribution in [0.3, 0.4) is 0 Å². The zero-order valence-electron chi connectivity index (χ0n) is 60.4. The summed E-state index contributed by atoms with van der Waals surface area (Å²) in [4.78, 5) is 65.3. The van der Waals surface area contributed by atoms with Crippen molar-refractivity contribution in [2.24, 2.45) is 0 Å². The van der Waals surface area contributed by atoms with Crippen LogP contribution in [-0.2, 0) is 24.0 Å². The second kappa shape index (κ2) is 30.0. The summed E-state index contributed by atoms with van der Waals surface area (Å²) >= 11 is 0. The molecule has 0 aliphatic carbocycles. The molecule has 0 unspecified atom stereocenters. The third kappa shape index (κ3) is 14.3. The molecule has 0 radical (unpaired) electrons. The lowest BCUT2D eigenvalue weighted by molar-refractivity contribution is -0.116. The highest BCUT2D eigenvalue weighted by molar-refractivity contribution is 6.08. The van der Waals surface area contributed by atoms with E-state index in [0.717, 1.165) is 87.7 Å². The number of ether oxygens (including phenoxy) is 5. The molecule has 21 nitrogen and oxygen atoms in total. The topological polar surface area (TPSA) is 269 Å². The molecule has 11 aromatic carbocycles. The number of aromatic hydroxyl groups is 6. The van der Waals surface area contributed by atoms with Gasteiger partial charge in [0.1, 0.15) is 17.4 Å². The van der Waals surface area contributed by atoms with Gasteiger partial charge in [0.25, 0.3) is 0 Å². The molecule has 6 N–H and O–H groups in total. The number of halogens is 11. The van der Waals surface area contributed by atoms with E-state index in [9.17, 15) is 103 Å². The molecule has 5 heterocycles. The number of amides is 5. The number of benzene rings is 11. The van der Waals surface area contributed by atoms with Crippen molar-refractivity contribution >= 4 is 86.4 Å². The molecule has 5 aliphatic rings. The van der Waals surface area contributed by atoms with E-state index in [1.165, 1.54) is 75.9 Å². The van der Waals surface area contributed by atoms with Gasteiger partial charge in [0.2, 0.25) is 47.0 Å². The molecular formula is C81H58F11N5O16. The van der Waals surface area contributed by atoms with E-state index in [1.807, 2.05) is 38.1 Å². The number of hydrogen-bond donors (Lipinski definition) is 6. The zero-order valence-corrected chi connectivity index (χ0v) is 60.4. The Balaban J connectivity index is 0.000000131. The van der Waals surface area contributed by atoms with E-state index >= 15 is 0 Å². The highest BCUT2D eigenvalue weighted by Gasteiger charge is 2.39. The van der Waals surface area contributed by atoms with Crippen molar-refractivity contribution in [3.05, 3.63) is 225 Å². The number of nitrogens with zero attached hydrogens (tertiary/aromatic N) is 5. The van der Waals surface area contributed by atoms with E-state index in [1.54, 1.807) is 31.2 Å². The quantitative estimate of drug-likeness (QED) is 0.0834. The standard InChI is InChI=1S/C21H16FNO4.C15H9F4NO3.3C15H11F2NO3/c1-11-3-5-13(6-4-11)14-7-16-20(9-18(14)25)27-21-10-19(26)15(22)8-17(21)23(16)12(2)24;1-5-7(16)3-9-14(11(5)18)23-15-10(20(9)6(2)21)4-8(17)13(22)12(15)19;1-7-3-14-11(4-9(7)16)18(8(2)19)12-5-10(17)13(20)6-15(12)21-14;1-7-3-4-10-12(5-7)21-15-11(18(10)8(2)19)6-9(16)14(20)13(15)17;1-7-3-4-9-14(12(7)16)21-15-10(18(9)8(2)19)5-6-11(20)13(15)17/h3-10,25-26H,1-2H3;3-4,22H,1-2H3;3*3-6,20H,1-2H3. The first kappa shape index (κ1) is 78.4. The number of rotatable bonds is 1. The monoisotopic (exact) mass is 1570 g/mol. The van der Waals surface area contributed by atoms with Gasteiger partial charge in [-0.3, -0.25) is 48.5 Å². The minimum absolute atomic E-state index is 0.0177. The van der Waals surface area contributed by atoms with Crippen molar-refractivity contribution in [1.29, 1.82) is 0 Å². The Morgan fingerprint density at radius 3 is 1.12 bits per heavy atom. The van der Waals surface area contributed by atoms with Crippen LogP contribution in [0.4, 0.5) is 105 Å². The van der Waals surface area contributed by atoms with Crippen LogP contribution >= 0.6 is 0 Å². The van der Waals surface area contributed by atoms with E-state index in [4.69, 9.17) is 23.7 Å². The SMILES string of the molecule is CC(=O)N1c2cc(F)c(C)c(F)c2Oc2c1cc(F)c(O)c2F.CC(=O)N1c2cc(F)c(C)cc2Oc2cc(O)c(F)cc21.CC(=O)N1c2cc(F)c(O)cc2Oc2cc(O)c(-c3ccc(C)cc3)cc21.CC(=O)N1c2ccc(C)c(F)c2Oc2c1ccc(O)c2F.CC(=O)N1c2ccc(C)cc2Oc2c1cc(F)c(O)c2F. The molecule has 0 spiro atoms. The van der Waals surface area contributed by atoms with E-state index in [2.05, 4.69) is 0 Å². The van der Waals surface area contributed by atoms with Crippen molar-refractivity contribution < 1.29 is 127 Å². The fourth-order valence-electron chi connectivity index (χ4n) is 12.4. The van der Waals surface area contributed by atoms with Gasteiger partial charge in [0.05, 0.1) is 56.9 Å². The molecular weight excluding hydrogens is 1510 g/mol. The molecule has 5 amide bonds. The summed E-state index contributed by atoms with van der Waals surface area (Å²) < 4.78 is 180. The number of fused-ring (bicyclic) bond motifs is 10. The van der Waals surface area contributed by atoms with Gasteiger partial charge < -0.3 is 54.3 Å². The average Bonchev–Trinajstić information content (AvgIpc) is 0.782. The van der Waals surface area contributed by atoms with Crippen molar-refractivity contribution in [3.63, 3.8) is 0 Å². The lowest BCUT2D eigenvalue weighted by Gasteiger charge is -2.31. The van der Waals surface area contributed by atoms with Gasteiger partial charge >= 0.3 is 0 Å². The first-order valence-electron chi connectivity index (χ1n) is 33.3. The fourth-order valence-corrected chi connectivity index (χ4v) is 12.4. The summed E-state index contributed by atoms with van der Waals surface area (Å²) in [5, 5.41) is 57.6. The maximum Gasteiger partial charge on any atom is 0.228 e. The van der Waals surface area contributed by atoms with Crippen LogP contribution in [0.15, 0.2) is 133 Å². The molecule has 16 rings (SSSR count). The van der Waals surface area contributed by atoms with Crippen LogP contribution in [0.2, 0.25) is 0 Å². The molecule has 0 saturated carbocycles. The molecule has 0 bridgehead atoms. The van der Waals surface area contributed by atoms with Crippen molar-refractivity contribution in [1.82, 2.24) is 0 Å². The summed E-state index contributed by atoms with van der Waals surface area (Å²) in [5.41, 5.74) is 4.29. The van der Waals surface area contributed by atoms with Gasteiger partial charge in [-0.05, 0) is 99.3 Å². The Morgan fingerprint density at radius 2 is 0.628 bits per heavy atom. The molecule has 0 saturated heterocycles. The van der Waals surface area contributed by atoms with Gasteiger partial charge in [0, 0.05) is 100 Å². The van der Waals surface area contributed by atoms with E-state index < -0.39 is 134 Å². The summed E-state index contributed by atoms with van der Waals surface area (Å²) in [7, 11) is 0. The third-order valence-corrected chi connectivity index (χ3v) is 17.9. The van der Waals surface area contributed by atoms with E-state index in [0.29, 0.717) is 39.0 Å². The number of carbonyl (C=O) groups is 5. The van der Waals surface area contributed by atoms with Crippen molar-refractivity contribution in [3.8, 4) is 103 Å². The Bertz CT molecular complexity index is 5700. The number of phenols is 6. The van der Waals surface area contributed by atoms with Crippen LogP contribution in [0.25, 0.3) is 11.1 Å². The molecule has 0 aromatic heterocycles. The second-order valence-electron chi connectivity index (χ2n) is 25.7.